The van der Waals surface area contributed by atoms with Crippen molar-refractivity contribution in [2.45, 2.75) is 13.3 Å². The number of hydrogen-bond acceptors (Lipinski definition) is 2. The maximum Gasteiger partial charge on any atom is 0.307 e. The zero-order valence-corrected chi connectivity index (χ0v) is 5.87. The van der Waals surface area contributed by atoms with E-state index in [9.17, 15) is 4.79 Å². The molecule has 0 aliphatic heterocycles. The molecule has 3 nitrogen and oxygen atoms in total. The maximum atomic E-state index is 10.3. The number of hydrogen-bond donors (Lipinski definition) is 1. The minimum absolute atomic E-state index is 0.0417. The zero-order chi connectivity index (χ0) is 8.15. The molecule has 1 N–H and O–H groups in total. The molecule has 0 fully saturated rings. The van der Waals surface area contributed by atoms with Crippen LogP contribution in [0.3, 0.4) is 0 Å². The van der Waals surface area contributed by atoms with Crippen LogP contribution in [0.4, 0.5) is 0 Å². The van der Waals surface area contributed by atoms with Gasteiger partial charge in [-0.05, 0) is 12.8 Å². The molecule has 55 valence electrons. The van der Waals surface area contributed by atoms with Crippen molar-refractivity contribution in [3.05, 3.63) is 6.92 Å². The van der Waals surface area contributed by atoms with E-state index in [2.05, 4.69) is 6.92 Å². The van der Waals surface area contributed by atoms with Crippen LogP contribution in [0.15, 0.2) is 0 Å². The lowest BCUT2D eigenvalue weighted by molar-refractivity contribution is -0.142. The van der Waals surface area contributed by atoms with Gasteiger partial charge in [-0.15, -0.1) is 0 Å². The lowest BCUT2D eigenvalue weighted by atomic mass is 9.93. The zero-order valence-electron chi connectivity index (χ0n) is 5.87. The van der Waals surface area contributed by atoms with Crippen LogP contribution in [0.25, 0.3) is 0 Å². The Labute approximate surface area is 60.3 Å². The molecule has 0 aromatic rings. The van der Waals surface area contributed by atoms with Gasteiger partial charge in [-0.3, -0.25) is 4.79 Å². The van der Waals surface area contributed by atoms with Gasteiger partial charge in [0.1, 0.15) is 0 Å². The first kappa shape index (κ1) is 8.96. The normalized spacial score (nSPS) is 12.6. The highest BCUT2D eigenvalue weighted by Crippen LogP contribution is 2.13. The molecule has 0 saturated heterocycles. The highest BCUT2D eigenvalue weighted by Gasteiger charge is 2.20. The lowest BCUT2D eigenvalue weighted by Gasteiger charge is -2.10. The number of aliphatic carboxylic acids is 1. The first-order valence-electron chi connectivity index (χ1n) is 3.02. The van der Waals surface area contributed by atoms with Crippen LogP contribution in [0.2, 0.25) is 0 Å². The number of nitriles is 1. The minimum Gasteiger partial charge on any atom is -0.481 e. The Morgan fingerprint density at radius 2 is 2.40 bits per heavy atom. The Bertz CT molecular complexity index is 157. The molecular weight excluding hydrogens is 130 g/mol. The van der Waals surface area contributed by atoms with Gasteiger partial charge in [-0.1, -0.05) is 6.92 Å². The summed E-state index contributed by atoms with van der Waals surface area (Å²) in [6.07, 6.45) is 0.0417. The molecule has 0 heterocycles. The standard InChI is InChI=1S/C7H10NO2/c1-5(2)6(3-4-8)7(9)10/h5-6H,1,3H2,2H3,(H,9,10). The van der Waals surface area contributed by atoms with Crippen molar-refractivity contribution in [1.82, 2.24) is 0 Å². The van der Waals surface area contributed by atoms with Crippen molar-refractivity contribution >= 4 is 5.97 Å². The van der Waals surface area contributed by atoms with Gasteiger partial charge in [-0.2, -0.15) is 5.26 Å². The third-order valence-electron chi connectivity index (χ3n) is 1.32. The van der Waals surface area contributed by atoms with Crippen molar-refractivity contribution in [3.63, 3.8) is 0 Å². The molecule has 0 aromatic heterocycles. The average Bonchev–Trinajstić information content (AvgIpc) is 1.81. The SMILES string of the molecule is [CH2]C(C)C(CC#N)C(=O)O. The van der Waals surface area contributed by atoms with Crippen LogP contribution in [0.1, 0.15) is 13.3 Å². The molecule has 3 heteroatoms. The second-order valence-electron chi connectivity index (χ2n) is 2.28. The van der Waals surface area contributed by atoms with Crippen LogP contribution in [-0.4, -0.2) is 11.1 Å². The smallest absolute Gasteiger partial charge is 0.307 e. The molecule has 0 aromatic carbocycles. The monoisotopic (exact) mass is 140 g/mol. The highest BCUT2D eigenvalue weighted by molar-refractivity contribution is 5.70. The predicted octanol–water partition coefficient (Wildman–Crippen LogP) is 1.07. The van der Waals surface area contributed by atoms with E-state index in [1.54, 1.807) is 6.92 Å². The summed E-state index contributed by atoms with van der Waals surface area (Å²) in [6.45, 7) is 5.24. The molecule has 2 unspecified atom stereocenters. The molecule has 0 spiro atoms. The minimum atomic E-state index is -0.941. The Hall–Kier alpha value is -1.04. The number of carboxylic acid groups (broad SMARTS) is 1. The summed E-state index contributed by atoms with van der Waals surface area (Å²) in [5, 5.41) is 16.7. The van der Waals surface area contributed by atoms with E-state index in [-0.39, 0.29) is 12.3 Å². The third kappa shape index (κ3) is 2.49. The molecule has 0 amide bonds. The molecule has 1 radical (unpaired) electrons. The molecule has 0 aliphatic rings. The molecule has 0 bridgehead atoms. The van der Waals surface area contributed by atoms with Crippen molar-refractivity contribution in [2.75, 3.05) is 0 Å². The lowest BCUT2D eigenvalue weighted by Crippen LogP contribution is -2.18. The van der Waals surface area contributed by atoms with Crippen LogP contribution in [0.5, 0.6) is 0 Å². The number of rotatable bonds is 3. The van der Waals surface area contributed by atoms with Gasteiger partial charge in [-0.25, -0.2) is 0 Å². The van der Waals surface area contributed by atoms with Gasteiger partial charge in [0.25, 0.3) is 0 Å². The summed E-state index contributed by atoms with van der Waals surface area (Å²) in [7, 11) is 0. The highest BCUT2D eigenvalue weighted by atomic mass is 16.4. The first-order valence-corrected chi connectivity index (χ1v) is 3.02. The van der Waals surface area contributed by atoms with E-state index in [0.29, 0.717) is 0 Å². The maximum absolute atomic E-state index is 10.3. The van der Waals surface area contributed by atoms with Gasteiger partial charge in [0.05, 0.1) is 12.0 Å². The number of nitrogens with zero attached hydrogens (tertiary/aromatic N) is 1. The fraction of sp³-hybridized carbons (Fsp3) is 0.571. The summed E-state index contributed by atoms with van der Waals surface area (Å²) in [5.41, 5.74) is 0. The summed E-state index contributed by atoms with van der Waals surface area (Å²) < 4.78 is 0. The Morgan fingerprint density at radius 1 is 1.90 bits per heavy atom. The number of carbonyl (C=O) groups is 1. The van der Waals surface area contributed by atoms with Crippen molar-refractivity contribution in [3.8, 4) is 6.07 Å². The molecule has 10 heavy (non-hydrogen) atoms. The predicted molar refractivity (Wildman–Crippen MR) is 35.9 cm³/mol. The fourth-order valence-electron chi connectivity index (χ4n) is 0.630. The Balaban J connectivity index is 4.01. The van der Waals surface area contributed by atoms with Crippen molar-refractivity contribution in [2.24, 2.45) is 11.8 Å². The van der Waals surface area contributed by atoms with E-state index in [1.165, 1.54) is 0 Å². The van der Waals surface area contributed by atoms with Crippen LogP contribution < -0.4 is 0 Å². The summed E-state index contributed by atoms with van der Waals surface area (Å²) in [6, 6.07) is 1.81. The third-order valence-corrected chi connectivity index (χ3v) is 1.32. The van der Waals surface area contributed by atoms with Gasteiger partial charge < -0.3 is 5.11 Å². The van der Waals surface area contributed by atoms with Gasteiger partial charge in [0, 0.05) is 6.42 Å². The summed E-state index contributed by atoms with van der Waals surface area (Å²) in [5.74, 6) is -1.77. The molecule has 0 rings (SSSR count). The van der Waals surface area contributed by atoms with Crippen LogP contribution in [-0.2, 0) is 4.79 Å². The molecular formula is C7H10NO2. The molecule has 2 atom stereocenters. The van der Waals surface area contributed by atoms with Gasteiger partial charge >= 0.3 is 5.97 Å². The second-order valence-corrected chi connectivity index (χ2v) is 2.28. The Morgan fingerprint density at radius 3 is 2.50 bits per heavy atom. The Kier molecular flexibility index (Phi) is 3.48. The van der Waals surface area contributed by atoms with Crippen molar-refractivity contribution < 1.29 is 9.90 Å². The van der Waals surface area contributed by atoms with Gasteiger partial charge in [0.15, 0.2) is 0 Å². The number of carboxylic acids is 1. The average molecular weight is 140 g/mol. The van der Waals surface area contributed by atoms with E-state index in [1.807, 2.05) is 6.07 Å². The fourth-order valence-corrected chi connectivity index (χ4v) is 0.630. The van der Waals surface area contributed by atoms with Crippen LogP contribution in [0, 0.1) is 30.1 Å². The summed E-state index contributed by atoms with van der Waals surface area (Å²) >= 11 is 0. The largest absolute Gasteiger partial charge is 0.481 e. The quantitative estimate of drug-likeness (QED) is 0.637. The topological polar surface area (TPSA) is 61.1 Å². The van der Waals surface area contributed by atoms with E-state index >= 15 is 0 Å². The first-order chi connectivity index (χ1) is 4.59. The van der Waals surface area contributed by atoms with E-state index < -0.39 is 11.9 Å². The van der Waals surface area contributed by atoms with E-state index in [4.69, 9.17) is 10.4 Å². The van der Waals surface area contributed by atoms with Crippen molar-refractivity contribution in [1.29, 1.82) is 5.26 Å². The van der Waals surface area contributed by atoms with E-state index in [0.717, 1.165) is 0 Å². The molecule has 0 aliphatic carbocycles. The second kappa shape index (κ2) is 3.89. The van der Waals surface area contributed by atoms with Gasteiger partial charge in [0.2, 0.25) is 0 Å². The summed E-state index contributed by atoms with van der Waals surface area (Å²) in [4.78, 5) is 10.3. The molecule has 0 saturated carbocycles. The van der Waals surface area contributed by atoms with Crippen LogP contribution >= 0.6 is 0 Å².